The predicted octanol–water partition coefficient (Wildman–Crippen LogP) is 3.38. The number of aromatic amines is 1. The summed E-state index contributed by atoms with van der Waals surface area (Å²) in [6.45, 7) is 1.91. The van der Waals surface area contributed by atoms with Crippen LogP contribution in [0.25, 0.3) is 11.0 Å². The van der Waals surface area contributed by atoms with Crippen LogP contribution < -0.4 is 4.74 Å². The third kappa shape index (κ3) is 3.28. The van der Waals surface area contributed by atoms with Crippen LogP contribution in [0, 0.1) is 11.3 Å². The molecule has 0 saturated heterocycles. The standard InChI is InChI=1S/C19H17N3O2/c1-2-13-7-9-14(10-8-13)24-12-18(23)15(11-20)19-21-16-5-3-4-6-17(16)22-19/h3-10,15H,2,12H2,1H3,(H,21,22)/t15-/m0/s1. The zero-order valence-electron chi connectivity index (χ0n) is 13.3. The van der Waals surface area contributed by atoms with Gasteiger partial charge in [0.1, 0.15) is 18.2 Å². The van der Waals surface area contributed by atoms with Crippen LogP contribution in [-0.4, -0.2) is 22.4 Å². The van der Waals surface area contributed by atoms with E-state index in [2.05, 4.69) is 16.9 Å². The van der Waals surface area contributed by atoms with Gasteiger partial charge in [-0.05, 0) is 36.2 Å². The number of para-hydroxylation sites is 2. The third-order valence-corrected chi connectivity index (χ3v) is 3.84. The van der Waals surface area contributed by atoms with Crippen LogP contribution in [0.2, 0.25) is 0 Å². The fraction of sp³-hybridized carbons (Fsp3) is 0.211. The highest BCUT2D eigenvalue weighted by atomic mass is 16.5. The van der Waals surface area contributed by atoms with Crippen LogP contribution in [0.3, 0.4) is 0 Å². The second kappa shape index (κ2) is 6.97. The number of hydrogen-bond donors (Lipinski definition) is 1. The summed E-state index contributed by atoms with van der Waals surface area (Å²) in [6.07, 6.45) is 0.946. The second-order valence-electron chi connectivity index (χ2n) is 5.45. The molecule has 0 fully saturated rings. The number of aryl methyl sites for hydroxylation is 1. The molecule has 2 aromatic carbocycles. The maximum atomic E-state index is 12.3. The monoisotopic (exact) mass is 319 g/mol. The summed E-state index contributed by atoms with van der Waals surface area (Å²) in [7, 11) is 0. The highest BCUT2D eigenvalue weighted by Crippen LogP contribution is 2.19. The van der Waals surface area contributed by atoms with Crippen LogP contribution in [0.15, 0.2) is 48.5 Å². The van der Waals surface area contributed by atoms with E-state index in [1.54, 1.807) is 0 Å². The molecule has 3 aromatic rings. The molecule has 0 aliphatic carbocycles. The van der Waals surface area contributed by atoms with Crippen LogP contribution in [-0.2, 0) is 11.2 Å². The minimum Gasteiger partial charge on any atom is -0.486 e. The van der Waals surface area contributed by atoms with Gasteiger partial charge in [-0.15, -0.1) is 0 Å². The number of fused-ring (bicyclic) bond motifs is 1. The minimum absolute atomic E-state index is 0.166. The Hall–Kier alpha value is -3.13. The van der Waals surface area contributed by atoms with E-state index in [0.29, 0.717) is 11.6 Å². The number of Topliss-reactive ketones (excluding diaryl/α,β-unsaturated/α-hetero) is 1. The Labute approximate surface area is 139 Å². The summed E-state index contributed by atoms with van der Waals surface area (Å²) < 4.78 is 5.50. The number of carbonyl (C=O) groups excluding carboxylic acids is 1. The first-order valence-corrected chi connectivity index (χ1v) is 7.80. The van der Waals surface area contributed by atoms with Gasteiger partial charge in [0.2, 0.25) is 0 Å². The molecule has 3 rings (SSSR count). The van der Waals surface area contributed by atoms with Gasteiger partial charge in [0.05, 0.1) is 17.1 Å². The van der Waals surface area contributed by atoms with E-state index in [-0.39, 0.29) is 12.4 Å². The lowest BCUT2D eigenvalue weighted by atomic mass is 10.1. The predicted molar refractivity (Wildman–Crippen MR) is 90.8 cm³/mol. The molecule has 0 bridgehead atoms. The zero-order valence-corrected chi connectivity index (χ0v) is 13.3. The van der Waals surface area contributed by atoms with Crippen molar-refractivity contribution in [3.05, 3.63) is 59.9 Å². The van der Waals surface area contributed by atoms with Crippen molar-refractivity contribution in [1.82, 2.24) is 9.97 Å². The highest BCUT2D eigenvalue weighted by Gasteiger charge is 2.24. The summed E-state index contributed by atoms with van der Waals surface area (Å²) in [5.74, 6) is -0.320. The molecule has 0 saturated carbocycles. The smallest absolute Gasteiger partial charge is 0.194 e. The number of carbonyl (C=O) groups is 1. The van der Waals surface area contributed by atoms with Crippen LogP contribution in [0.4, 0.5) is 0 Å². The number of rotatable bonds is 6. The fourth-order valence-electron chi connectivity index (χ4n) is 2.45. The number of aromatic nitrogens is 2. The van der Waals surface area contributed by atoms with Crippen molar-refractivity contribution in [2.75, 3.05) is 6.61 Å². The van der Waals surface area contributed by atoms with Crippen molar-refractivity contribution in [2.45, 2.75) is 19.3 Å². The molecule has 0 aliphatic rings. The van der Waals surface area contributed by atoms with Gasteiger partial charge in [-0.3, -0.25) is 4.79 Å². The van der Waals surface area contributed by atoms with Crippen LogP contribution in [0.1, 0.15) is 24.2 Å². The lowest BCUT2D eigenvalue weighted by molar-refractivity contribution is -0.121. The van der Waals surface area contributed by atoms with Crippen molar-refractivity contribution in [3.8, 4) is 11.8 Å². The van der Waals surface area contributed by atoms with Crippen molar-refractivity contribution in [1.29, 1.82) is 5.26 Å². The summed E-state index contributed by atoms with van der Waals surface area (Å²) >= 11 is 0. The Morgan fingerprint density at radius 2 is 2.00 bits per heavy atom. The molecule has 5 nitrogen and oxygen atoms in total. The van der Waals surface area contributed by atoms with E-state index in [1.165, 1.54) is 5.56 Å². The largest absolute Gasteiger partial charge is 0.486 e. The average Bonchev–Trinajstić information content (AvgIpc) is 3.04. The summed E-state index contributed by atoms with van der Waals surface area (Å²) in [6, 6.07) is 17.0. The summed E-state index contributed by atoms with van der Waals surface area (Å²) in [4.78, 5) is 19.7. The average molecular weight is 319 g/mol. The Kier molecular flexibility index (Phi) is 4.57. The molecular weight excluding hydrogens is 302 g/mol. The maximum absolute atomic E-state index is 12.3. The minimum atomic E-state index is -0.965. The highest BCUT2D eigenvalue weighted by molar-refractivity contribution is 5.90. The number of nitrogens with one attached hydrogen (secondary N) is 1. The lowest BCUT2D eigenvalue weighted by Crippen LogP contribution is -2.20. The third-order valence-electron chi connectivity index (χ3n) is 3.84. The molecule has 1 atom stereocenters. The van der Waals surface area contributed by atoms with Gasteiger partial charge >= 0.3 is 0 Å². The number of benzene rings is 2. The van der Waals surface area contributed by atoms with Crippen molar-refractivity contribution in [2.24, 2.45) is 0 Å². The van der Waals surface area contributed by atoms with Crippen molar-refractivity contribution >= 4 is 16.8 Å². The van der Waals surface area contributed by atoms with Crippen LogP contribution >= 0.6 is 0 Å². The summed E-state index contributed by atoms with van der Waals surface area (Å²) in [5.41, 5.74) is 2.74. The molecule has 0 radical (unpaired) electrons. The number of nitriles is 1. The number of hydrogen-bond acceptors (Lipinski definition) is 4. The molecule has 0 aliphatic heterocycles. The van der Waals surface area contributed by atoms with E-state index in [0.717, 1.165) is 17.5 Å². The number of nitrogens with zero attached hydrogens (tertiary/aromatic N) is 2. The zero-order chi connectivity index (χ0) is 16.9. The molecule has 24 heavy (non-hydrogen) atoms. The number of ketones is 1. The van der Waals surface area contributed by atoms with Gasteiger partial charge in [-0.25, -0.2) is 4.98 Å². The normalized spacial score (nSPS) is 11.8. The van der Waals surface area contributed by atoms with Gasteiger partial charge < -0.3 is 9.72 Å². The Morgan fingerprint density at radius 1 is 1.25 bits per heavy atom. The van der Waals surface area contributed by atoms with Gasteiger partial charge in [-0.1, -0.05) is 31.2 Å². The number of imidazole rings is 1. The summed E-state index contributed by atoms with van der Waals surface area (Å²) in [5, 5.41) is 9.35. The molecule has 1 aromatic heterocycles. The number of ether oxygens (including phenoxy) is 1. The van der Waals surface area contributed by atoms with Gasteiger partial charge in [0.15, 0.2) is 11.7 Å². The topological polar surface area (TPSA) is 78.8 Å². The van der Waals surface area contributed by atoms with E-state index < -0.39 is 5.92 Å². The van der Waals surface area contributed by atoms with E-state index in [9.17, 15) is 10.1 Å². The molecule has 0 spiro atoms. The van der Waals surface area contributed by atoms with Gasteiger partial charge in [0, 0.05) is 0 Å². The van der Waals surface area contributed by atoms with Gasteiger partial charge in [-0.2, -0.15) is 5.26 Å². The Morgan fingerprint density at radius 3 is 2.67 bits per heavy atom. The number of H-pyrrole nitrogens is 1. The van der Waals surface area contributed by atoms with Gasteiger partial charge in [0.25, 0.3) is 0 Å². The van der Waals surface area contributed by atoms with E-state index in [1.807, 2.05) is 54.6 Å². The molecular formula is C19H17N3O2. The Bertz CT molecular complexity index is 858. The Balaban J connectivity index is 1.70. The van der Waals surface area contributed by atoms with E-state index in [4.69, 9.17) is 4.74 Å². The molecule has 120 valence electrons. The molecule has 0 amide bonds. The first kappa shape index (κ1) is 15.8. The lowest BCUT2D eigenvalue weighted by Gasteiger charge is -2.08. The van der Waals surface area contributed by atoms with Crippen LogP contribution in [0.5, 0.6) is 5.75 Å². The second-order valence-corrected chi connectivity index (χ2v) is 5.45. The first-order chi connectivity index (χ1) is 11.7. The molecule has 1 N–H and O–H groups in total. The SMILES string of the molecule is CCc1ccc(OCC(=O)[C@H](C#N)c2nc3ccccc3[nH]2)cc1. The quantitative estimate of drug-likeness (QED) is 0.755. The molecule has 0 unspecified atom stereocenters. The van der Waals surface area contributed by atoms with E-state index >= 15 is 0 Å². The molecule has 1 heterocycles. The molecule has 5 heteroatoms. The fourth-order valence-corrected chi connectivity index (χ4v) is 2.45. The first-order valence-electron chi connectivity index (χ1n) is 7.80. The van der Waals surface area contributed by atoms with Crippen molar-refractivity contribution in [3.63, 3.8) is 0 Å². The maximum Gasteiger partial charge on any atom is 0.194 e. The van der Waals surface area contributed by atoms with Crippen molar-refractivity contribution < 1.29 is 9.53 Å².